The van der Waals surface area contributed by atoms with Gasteiger partial charge in [0.05, 0.1) is 11.2 Å². The predicted molar refractivity (Wildman–Crippen MR) is 76.2 cm³/mol. The van der Waals surface area contributed by atoms with E-state index in [-0.39, 0.29) is 5.91 Å². The van der Waals surface area contributed by atoms with E-state index in [1.807, 2.05) is 31.9 Å². The maximum absolute atomic E-state index is 11.9. The van der Waals surface area contributed by atoms with Crippen molar-refractivity contribution in [1.82, 2.24) is 10.3 Å². The molecule has 0 unspecified atom stereocenters. The van der Waals surface area contributed by atoms with Gasteiger partial charge in [0.1, 0.15) is 5.82 Å². The third kappa shape index (κ3) is 2.42. The lowest BCUT2D eigenvalue weighted by Gasteiger charge is -2.27. The van der Waals surface area contributed by atoms with Crippen LogP contribution in [0.2, 0.25) is 0 Å². The summed E-state index contributed by atoms with van der Waals surface area (Å²) >= 11 is 0. The zero-order chi connectivity index (χ0) is 14.4. The van der Waals surface area contributed by atoms with Crippen LogP contribution in [0.5, 0.6) is 0 Å². The van der Waals surface area contributed by atoms with Gasteiger partial charge in [-0.3, -0.25) is 4.79 Å². The monoisotopic (exact) mass is 262 g/mol. The Morgan fingerprint density at radius 3 is 2.63 bits per heavy atom. The molecule has 0 spiro atoms. The Morgan fingerprint density at radius 2 is 2.11 bits per heavy atom. The van der Waals surface area contributed by atoms with Crippen molar-refractivity contribution in [2.24, 2.45) is 5.73 Å². The molecule has 2 rings (SSSR count). The summed E-state index contributed by atoms with van der Waals surface area (Å²) < 4.78 is 0. The summed E-state index contributed by atoms with van der Waals surface area (Å²) in [7, 11) is 1.97. The molecule has 0 atom stereocenters. The fourth-order valence-electron chi connectivity index (χ4n) is 2.18. The van der Waals surface area contributed by atoms with E-state index in [4.69, 9.17) is 5.73 Å². The number of amides is 1. The molecule has 0 aliphatic carbocycles. The number of hydrogen-bond acceptors (Lipinski definition) is 4. The zero-order valence-electron chi connectivity index (χ0n) is 12.2. The molecule has 0 fully saturated rings. The van der Waals surface area contributed by atoms with Gasteiger partial charge < -0.3 is 16.0 Å². The topological polar surface area (TPSA) is 71.2 Å². The van der Waals surface area contributed by atoms with Gasteiger partial charge in [-0.15, -0.1) is 0 Å². The average molecular weight is 262 g/mol. The Balaban J connectivity index is 2.61. The number of fused-ring (bicyclic) bond motifs is 1. The highest BCUT2D eigenvalue weighted by Crippen LogP contribution is 2.29. The van der Waals surface area contributed by atoms with Crippen molar-refractivity contribution in [2.45, 2.75) is 45.8 Å². The molecule has 0 bridgehead atoms. The molecule has 19 heavy (non-hydrogen) atoms. The summed E-state index contributed by atoms with van der Waals surface area (Å²) in [5, 5.41) is 2.84. The molecule has 1 amide bonds. The van der Waals surface area contributed by atoms with Crippen molar-refractivity contribution in [3.63, 3.8) is 0 Å². The molecule has 1 aromatic heterocycles. The van der Waals surface area contributed by atoms with Crippen LogP contribution >= 0.6 is 0 Å². The molecular weight excluding hydrogens is 240 g/mol. The van der Waals surface area contributed by atoms with Crippen molar-refractivity contribution in [1.29, 1.82) is 0 Å². The molecule has 1 aliphatic heterocycles. The van der Waals surface area contributed by atoms with E-state index >= 15 is 0 Å². The van der Waals surface area contributed by atoms with Gasteiger partial charge in [0, 0.05) is 30.8 Å². The predicted octanol–water partition coefficient (Wildman–Crippen LogP) is 1.36. The molecule has 1 aromatic rings. The second-order valence-corrected chi connectivity index (χ2v) is 5.96. The fraction of sp³-hybridized carbons (Fsp3) is 0.571. The first kappa shape index (κ1) is 13.8. The van der Waals surface area contributed by atoms with E-state index in [2.05, 4.69) is 24.1 Å². The summed E-state index contributed by atoms with van der Waals surface area (Å²) in [4.78, 5) is 18.6. The Morgan fingerprint density at radius 1 is 1.47 bits per heavy atom. The molecule has 2 heterocycles. The molecule has 0 radical (unpaired) electrons. The highest BCUT2D eigenvalue weighted by atomic mass is 16.1. The molecule has 1 aliphatic rings. The fourth-order valence-corrected chi connectivity index (χ4v) is 2.18. The van der Waals surface area contributed by atoms with E-state index in [1.54, 1.807) is 0 Å². The number of carbonyl (C=O) groups excluding carboxylic acids is 1. The lowest BCUT2D eigenvalue weighted by Crippen LogP contribution is -2.33. The quantitative estimate of drug-likeness (QED) is 0.863. The lowest BCUT2D eigenvalue weighted by molar-refractivity contribution is 0.0965. The molecule has 5 nitrogen and oxygen atoms in total. The van der Waals surface area contributed by atoms with Gasteiger partial charge >= 0.3 is 0 Å². The SMILES string of the molecule is CC(C)N(C)c1cc2c(c(C(C)(C)N)n1)CNC2=O. The van der Waals surface area contributed by atoms with Crippen LogP contribution in [0.25, 0.3) is 0 Å². The number of pyridine rings is 1. The first-order valence-corrected chi connectivity index (χ1v) is 6.56. The van der Waals surface area contributed by atoms with Crippen LogP contribution in [-0.2, 0) is 12.1 Å². The Hall–Kier alpha value is -1.62. The second-order valence-electron chi connectivity index (χ2n) is 5.96. The van der Waals surface area contributed by atoms with Gasteiger partial charge in [-0.2, -0.15) is 0 Å². The number of nitrogens with one attached hydrogen (secondary N) is 1. The average Bonchev–Trinajstić information content (AvgIpc) is 2.68. The van der Waals surface area contributed by atoms with Crippen LogP contribution in [0.4, 0.5) is 5.82 Å². The molecule has 0 saturated heterocycles. The standard InChI is InChI=1S/C14H22N4O/c1-8(2)18(5)11-6-9-10(7-16-13(9)19)12(17-11)14(3,4)15/h6,8H,7,15H2,1-5H3,(H,16,19). The number of carbonyl (C=O) groups is 1. The minimum Gasteiger partial charge on any atom is -0.357 e. The van der Waals surface area contributed by atoms with Crippen molar-refractivity contribution in [3.8, 4) is 0 Å². The minimum atomic E-state index is -0.565. The number of nitrogens with zero attached hydrogens (tertiary/aromatic N) is 2. The maximum atomic E-state index is 11.9. The normalized spacial score (nSPS) is 14.6. The van der Waals surface area contributed by atoms with Gasteiger partial charge in [0.15, 0.2) is 0 Å². The Labute approximate surface area is 114 Å². The third-order valence-corrected chi connectivity index (χ3v) is 3.53. The van der Waals surface area contributed by atoms with E-state index in [9.17, 15) is 4.79 Å². The summed E-state index contributed by atoms with van der Waals surface area (Å²) in [5.74, 6) is 0.751. The number of hydrogen-bond donors (Lipinski definition) is 2. The van der Waals surface area contributed by atoms with Gasteiger partial charge in [0.2, 0.25) is 0 Å². The van der Waals surface area contributed by atoms with E-state index in [0.29, 0.717) is 18.2 Å². The van der Waals surface area contributed by atoms with Crippen LogP contribution in [0, 0.1) is 0 Å². The van der Waals surface area contributed by atoms with Crippen LogP contribution < -0.4 is 16.0 Å². The molecule has 5 heteroatoms. The molecule has 0 aromatic carbocycles. The number of aromatic nitrogens is 1. The molecule has 0 saturated carbocycles. The lowest BCUT2D eigenvalue weighted by atomic mass is 9.94. The van der Waals surface area contributed by atoms with Crippen molar-refractivity contribution in [3.05, 3.63) is 22.9 Å². The summed E-state index contributed by atoms with van der Waals surface area (Å²) in [6, 6.07) is 2.16. The Bertz CT molecular complexity index is 517. The Kier molecular flexibility index (Phi) is 3.26. The van der Waals surface area contributed by atoms with Crippen molar-refractivity contribution >= 4 is 11.7 Å². The summed E-state index contributed by atoms with van der Waals surface area (Å²) in [5.41, 5.74) is 8.06. The highest BCUT2D eigenvalue weighted by Gasteiger charge is 2.30. The largest absolute Gasteiger partial charge is 0.357 e. The molecule has 3 N–H and O–H groups in total. The number of nitrogens with two attached hydrogens (primary N) is 1. The van der Waals surface area contributed by atoms with Crippen LogP contribution in [0.15, 0.2) is 6.07 Å². The van der Waals surface area contributed by atoms with Crippen LogP contribution in [0.3, 0.4) is 0 Å². The first-order chi connectivity index (χ1) is 8.71. The summed E-state index contributed by atoms with van der Waals surface area (Å²) in [6.45, 7) is 8.52. The zero-order valence-corrected chi connectivity index (χ0v) is 12.2. The van der Waals surface area contributed by atoms with E-state index < -0.39 is 5.54 Å². The van der Waals surface area contributed by atoms with Crippen molar-refractivity contribution in [2.75, 3.05) is 11.9 Å². The van der Waals surface area contributed by atoms with Gasteiger partial charge in [-0.1, -0.05) is 0 Å². The third-order valence-electron chi connectivity index (χ3n) is 3.53. The van der Waals surface area contributed by atoms with Crippen molar-refractivity contribution < 1.29 is 4.79 Å². The van der Waals surface area contributed by atoms with Crippen LogP contribution in [-0.4, -0.2) is 24.0 Å². The second kappa shape index (κ2) is 4.49. The minimum absolute atomic E-state index is 0.0405. The molecule has 104 valence electrons. The van der Waals surface area contributed by atoms with Crippen LogP contribution in [0.1, 0.15) is 49.3 Å². The van der Waals surface area contributed by atoms with E-state index in [0.717, 1.165) is 17.1 Å². The highest BCUT2D eigenvalue weighted by molar-refractivity contribution is 5.99. The number of rotatable bonds is 3. The van der Waals surface area contributed by atoms with E-state index in [1.165, 1.54) is 0 Å². The first-order valence-electron chi connectivity index (χ1n) is 6.56. The molecular formula is C14H22N4O. The smallest absolute Gasteiger partial charge is 0.252 e. The summed E-state index contributed by atoms with van der Waals surface area (Å²) in [6.07, 6.45) is 0. The number of anilines is 1. The van der Waals surface area contributed by atoms with Gasteiger partial charge in [-0.25, -0.2) is 4.98 Å². The van der Waals surface area contributed by atoms with Gasteiger partial charge in [-0.05, 0) is 33.8 Å². The maximum Gasteiger partial charge on any atom is 0.252 e. The van der Waals surface area contributed by atoms with Gasteiger partial charge in [0.25, 0.3) is 5.91 Å².